The lowest BCUT2D eigenvalue weighted by Gasteiger charge is -2.18. The summed E-state index contributed by atoms with van der Waals surface area (Å²) in [6.45, 7) is 5.47. The number of hydrogen-bond donors (Lipinski definition) is 2. The first-order valence-electron chi connectivity index (χ1n) is 14.2. The highest BCUT2D eigenvalue weighted by Crippen LogP contribution is 2.38. The van der Waals surface area contributed by atoms with Crippen LogP contribution in [0.4, 0.5) is 17.1 Å². The number of amides is 1. The summed E-state index contributed by atoms with van der Waals surface area (Å²) in [6.07, 6.45) is 7.47. The molecule has 5 rings (SSSR count). The Morgan fingerprint density at radius 3 is 2.74 bits per heavy atom. The standard InChI is InChI=1S/C33H34N8O2/c1-5-27-26(19-34)33(37-23-12-13-30-22(16-23)20-36-41(30)21-24-10-7-8-14-35-24)25-17-29(31(43-6-2)18-28(25)38-27)39-32(42)11-9-15-40(3)4/h7-14,16-18,20H,5-6,15,21H2,1-4H3,(H,37,38)(H,39,42)/b11-9+. The van der Waals surface area contributed by atoms with Crippen LogP contribution >= 0.6 is 0 Å². The molecule has 0 unspecified atom stereocenters. The molecule has 218 valence electrons. The molecule has 3 heterocycles. The molecule has 5 aromatic rings. The number of ether oxygens (including phenoxy) is 1. The number of likely N-dealkylation sites (N-methyl/N-ethyl adjacent to an activating group) is 1. The fraction of sp³-hybridized carbons (Fsp3) is 0.242. The number of anilines is 3. The van der Waals surface area contributed by atoms with Crippen molar-refractivity contribution in [3.8, 4) is 11.8 Å². The number of carbonyl (C=O) groups excluding carboxylic acids is 1. The summed E-state index contributed by atoms with van der Waals surface area (Å²) in [5.74, 6) is 0.236. The number of nitrogens with one attached hydrogen (secondary N) is 2. The van der Waals surface area contributed by atoms with Crippen LogP contribution < -0.4 is 15.4 Å². The molecule has 10 heteroatoms. The highest BCUT2D eigenvalue weighted by atomic mass is 16.5. The van der Waals surface area contributed by atoms with E-state index in [1.54, 1.807) is 12.3 Å². The summed E-state index contributed by atoms with van der Waals surface area (Å²) in [4.78, 5) is 23.9. The maximum atomic E-state index is 12.8. The molecule has 1 amide bonds. The van der Waals surface area contributed by atoms with E-state index in [9.17, 15) is 10.1 Å². The molecule has 0 aliphatic rings. The summed E-state index contributed by atoms with van der Waals surface area (Å²) < 4.78 is 7.80. The van der Waals surface area contributed by atoms with E-state index in [1.807, 2.05) is 92.3 Å². The zero-order valence-electron chi connectivity index (χ0n) is 24.8. The second kappa shape index (κ2) is 13.1. The molecule has 0 radical (unpaired) electrons. The van der Waals surface area contributed by atoms with Gasteiger partial charge in [0, 0.05) is 41.3 Å². The molecule has 0 bridgehead atoms. The van der Waals surface area contributed by atoms with Gasteiger partial charge in [-0.1, -0.05) is 19.1 Å². The van der Waals surface area contributed by atoms with E-state index >= 15 is 0 Å². The Labute approximate surface area is 250 Å². The minimum absolute atomic E-state index is 0.275. The van der Waals surface area contributed by atoms with Crippen molar-refractivity contribution < 1.29 is 9.53 Å². The van der Waals surface area contributed by atoms with Crippen molar-refractivity contribution in [2.75, 3.05) is 37.9 Å². The largest absolute Gasteiger partial charge is 0.492 e. The van der Waals surface area contributed by atoms with E-state index < -0.39 is 0 Å². The van der Waals surface area contributed by atoms with E-state index in [0.29, 0.717) is 65.4 Å². The number of nitrogens with zero attached hydrogens (tertiary/aromatic N) is 6. The quantitative estimate of drug-likeness (QED) is 0.194. The van der Waals surface area contributed by atoms with E-state index in [1.165, 1.54) is 6.08 Å². The summed E-state index contributed by atoms with van der Waals surface area (Å²) in [6, 6.07) is 17.8. The predicted octanol–water partition coefficient (Wildman–Crippen LogP) is 5.66. The molecule has 2 N–H and O–H groups in total. The highest BCUT2D eigenvalue weighted by molar-refractivity contribution is 6.05. The fourth-order valence-electron chi connectivity index (χ4n) is 4.85. The third-order valence-electron chi connectivity index (χ3n) is 6.85. The first kappa shape index (κ1) is 29.2. The smallest absolute Gasteiger partial charge is 0.248 e. The maximum Gasteiger partial charge on any atom is 0.248 e. The van der Waals surface area contributed by atoms with Gasteiger partial charge in [-0.2, -0.15) is 10.4 Å². The van der Waals surface area contributed by atoms with Crippen molar-refractivity contribution in [1.29, 1.82) is 5.26 Å². The number of hydrogen-bond acceptors (Lipinski definition) is 8. The van der Waals surface area contributed by atoms with Gasteiger partial charge in [-0.15, -0.1) is 0 Å². The molecule has 0 atom stereocenters. The van der Waals surface area contributed by atoms with Crippen molar-refractivity contribution in [1.82, 2.24) is 24.6 Å². The van der Waals surface area contributed by atoms with Crippen molar-refractivity contribution in [3.63, 3.8) is 0 Å². The zero-order chi connectivity index (χ0) is 30.3. The van der Waals surface area contributed by atoms with Gasteiger partial charge in [-0.25, -0.2) is 0 Å². The summed E-state index contributed by atoms with van der Waals surface area (Å²) in [5.41, 5.74) is 5.59. The Balaban J connectivity index is 1.55. The SMILES string of the molecule is CCOc1cc2nc(CC)c(C#N)c(Nc3ccc4c(cnn4Cc4ccccn4)c3)c2cc1NC(=O)/C=C/CN(C)C. The lowest BCUT2D eigenvalue weighted by Crippen LogP contribution is -2.13. The zero-order valence-corrected chi connectivity index (χ0v) is 24.8. The molecule has 3 aromatic heterocycles. The monoisotopic (exact) mass is 574 g/mol. The molecule has 43 heavy (non-hydrogen) atoms. The number of rotatable bonds is 11. The molecule has 0 aliphatic heterocycles. The summed E-state index contributed by atoms with van der Waals surface area (Å²) in [7, 11) is 3.87. The van der Waals surface area contributed by atoms with Gasteiger partial charge < -0.3 is 20.3 Å². The predicted molar refractivity (Wildman–Crippen MR) is 170 cm³/mol. The van der Waals surface area contributed by atoms with Crippen LogP contribution in [0.3, 0.4) is 0 Å². The minimum Gasteiger partial charge on any atom is -0.492 e. The molecular formula is C33H34N8O2. The van der Waals surface area contributed by atoms with Crippen molar-refractivity contribution >= 4 is 44.8 Å². The van der Waals surface area contributed by atoms with Gasteiger partial charge >= 0.3 is 0 Å². The Bertz CT molecular complexity index is 1840. The summed E-state index contributed by atoms with van der Waals surface area (Å²) in [5, 5.41) is 22.9. The third-order valence-corrected chi connectivity index (χ3v) is 6.85. The van der Waals surface area contributed by atoms with Gasteiger partial charge in [-0.3, -0.25) is 19.4 Å². The molecule has 0 spiro atoms. The molecule has 0 saturated carbocycles. The van der Waals surface area contributed by atoms with Crippen LogP contribution in [-0.4, -0.2) is 57.8 Å². The van der Waals surface area contributed by atoms with Crippen molar-refractivity contribution in [2.24, 2.45) is 0 Å². The van der Waals surface area contributed by atoms with Crippen molar-refractivity contribution in [2.45, 2.75) is 26.8 Å². The second-order valence-electron chi connectivity index (χ2n) is 10.2. The van der Waals surface area contributed by atoms with Crippen molar-refractivity contribution in [3.05, 3.63) is 90.0 Å². The minimum atomic E-state index is -0.275. The molecule has 0 saturated heterocycles. The van der Waals surface area contributed by atoms with Gasteiger partial charge in [-0.05, 0) is 63.8 Å². The molecule has 2 aromatic carbocycles. The molecular weight excluding hydrogens is 540 g/mol. The van der Waals surface area contributed by atoms with Crippen LogP contribution in [0.1, 0.15) is 30.8 Å². The molecule has 0 fully saturated rings. The Kier molecular flexibility index (Phi) is 8.93. The first-order chi connectivity index (χ1) is 20.9. The number of aryl methyl sites for hydroxylation is 1. The normalized spacial score (nSPS) is 11.3. The highest BCUT2D eigenvalue weighted by Gasteiger charge is 2.19. The van der Waals surface area contributed by atoms with Gasteiger partial charge in [0.05, 0.1) is 58.7 Å². The number of aromatic nitrogens is 4. The fourth-order valence-corrected chi connectivity index (χ4v) is 4.85. The number of pyridine rings is 2. The van der Waals surface area contributed by atoms with Gasteiger partial charge in [0.2, 0.25) is 5.91 Å². The van der Waals surface area contributed by atoms with E-state index in [2.05, 4.69) is 26.8 Å². The number of nitriles is 1. The number of benzene rings is 2. The third kappa shape index (κ3) is 6.63. The van der Waals surface area contributed by atoms with E-state index in [0.717, 1.165) is 22.3 Å². The van der Waals surface area contributed by atoms with Gasteiger partial charge in [0.1, 0.15) is 11.8 Å². The lowest BCUT2D eigenvalue weighted by atomic mass is 10.0. The topological polar surface area (TPSA) is 121 Å². The van der Waals surface area contributed by atoms with Crippen LogP contribution in [0.5, 0.6) is 5.75 Å². The summed E-state index contributed by atoms with van der Waals surface area (Å²) >= 11 is 0. The van der Waals surface area contributed by atoms with E-state index in [4.69, 9.17) is 9.72 Å². The molecule has 0 aliphatic carbocycles. The Hall–Kier alpha value is -5.27. The number of fused-ring (bicyclic) bond motifs is 2. The number of carbonyl (C=O) groups is 1. The van der Waals surface area contributed by atoms with Crippen LogP contribution in [0, 0.1) is 11.3 Å². The molecule has 10 nitrogen and oxygen atoms in total. The first-order valence-corrected chi connectivity index (χ1v) is 14.2. The Morgan fingerprint density at radius 2 is 2.02 bits per heavy atom. The average molecular weight is 575 g/mol. The maximum absolute atomic E-state index is 12.8. The second-order valence-corrected chi connectivity index (χ2v) is 10.2. The van der Waals surface area contributed by atoms with Crippen LogP contribution in [0.25, 0.3) is 21.8 Å². The van der Waals surface area contributed by atoms with E-state index in [-0.39, 0.29) is 5.91 Å². The van der Waals surface area contributed by atoms with Crippen LogP contribution in [0.2, 0.25) is 0 Å². The Morgan fingerprint density at radius 1 is 1.16 bits per heavy atom. The van der Waals surface area contributed by atoms with Gasteiger partial charge in [0.25, 0.3) is 0 Å². The van der Waals surface area contributed by atoms with Crippen LogP contribution in [-0.2, 0) is 17.8 Å². The average Bonchev–Trinajstić information content (AvgIpc) is 3.39. The van der Waals surface area contributed by atoms with Gasteiger partial charge in [0.15, 0.2) is 0 Å². The lowest BCUT2D eigenvalue weighted by molar-refractivity contribution is -0.111. The van der Waals surface area contributed by atoms with Crippen LogP contribution in [0.15, 0.2) is 73.1 Å².